The maximum atomic E-state index is 12.4. The first-order valence-corrected chi connectivity index (χ1v) is 10.0. The molecule has 2 amide bonds. The SMILES string of the molecule is CC(C)(C)c1cc(C=C(O)C(=O)NC2CCCNC(=O)C2)cc(C(C)(C)C)c1. The van der Waals surface area contributed by atoms with E-state index in [0.29, 0.717) is 13.0 Å². The number of carbonyl (C=O) groups excluding carboxylic acids is 2. The second-order valence-electron chi connectivity index (χ2n) is 9.74. The molecule has 5 nitrogen and oxygen atoms in total. The molecule has 5 heteroatoms. The zero-order valence-electron chi connectivity index (χ0n) is 18.0. The molecule has 1 unspecified atom stereocenters. The fourth-order valence-electron chi connectivity index (χ4n) is 3.18. The van der Waals surface area contributed by atoms with Gasteiger partial charge in [-0.15, -0.1) is 0 Å². The van der Waals surface area contributed by atoms with Crippen molar-refractivity contribution in [3.8, 4) is 0 Å². The first kappa shape index (κ1) is 22.0. The molecule has 28 heavy (non-hydrogen) atoms. The van der Waals surface area contributed by atoms with Gasteiger partial charge < -0.3 is 15.7 Å². The van der Waals surface area contributed by atoms with Crippen molar-refractivity contribution in [3.63, 3.8) is 0 Å². The summed E-state index contributed by atoms with van der Waals surface area (Å²) >= 11 is 0. The van der Waals surface area contributed by atoms with Crippen LogP contribution in [0.25, 0.3) is 6.08 Å². The lowest BCUT2D eigenvalue weighted by Gasteiger charge is -2.25. The summed E-state index contributed by atoms with van der Waals surface area (Å²) in [4.78, 5) is 24.1. The Labute approximate surface area is 168 Å². The van der Waals surface area contributed by atoms with Gasteiger partial charge in [-0.3, -0.25) is 9.59 Å². The summed E-state index contributed by atoms with van der Waals surface area (Å²) in [6.07, 6.45) is 3.28. The van der Waals surface area contributed by atoms with Gasteiger partial charge in [0.15, 0.2) is 5.76 Å². The normalized spacial score (nSPS) is 19.0. The summed E-state index contributed by atoms with van der Waals surface area (Å²) in [5, 5.41) is 15.9. The summed E-state index contributed by atoms with van der Waals surface area (Å²) in [6, 6.07) is 5.96. The highest BCUT2D eigenvalue weighted by atomic mass is 16.3. The molecule has 0 bridgehead atoms. The Bertz CT molecular complexity index is 735. The molecular weight excluding hydrogens is 352 g/mol. The van der Waals surface area contributed by atoms with Gasteiger partial charge >= 0.3 is 0 Å². The van der Waals surface area contributed by atoms with Crippen LogP contribution in [-0.2, 0) is 20.4 Å². The molecule has 1 fully saturated rings. The van der Waals surface area contributed by atoms with Crippen molar-refractivity contribution in [2.75, 3.05) is 6.54 Å². The molecule has 154 valence electrons. The first-order chi connectivity index (χ1) is 12.9. The van der Waals surface area contributed by atoms with Crippen LogP contribution >= 0.6 is 0 Å². The highest BCUT2D eigenvalue weighted by Gasteiger charge is 2.22. The van der Waals surface area contributed by atoms with E-state index in [-0.39, 0.29) is 35.0 Å². The van der Waals surface area contributed by atoms with Gasteiger partial charge in [-0.05, 0) is 46.4 Å². The van der Waals surface area contributed by atoms with Crippen molar-refractivity contribution in [2.45, 2.75) is 77.7 Å². The Balaban J connectivity index is 2.26. The zero-order chi connectivity index (χ0) is 21.1. The molecule has 0 saturated carbocycles. The Hall–Kier alpha value is -2.30. The summed E-state index contributed by atoms with van der Waals surface area (Å²) in [7, 11) is 0. The van der Waals surface area contributed by atoms with Crippen LogP contribution in [0.1, 0.15) is 77.5 Å². The standard InChI is InChI=1S/C23H34N2O3/c1-22(2,3)16-10-15(11-17(13-16)23(4,5)6)12-19(26)21(28)25-18-8-7-9-24-20(27)14-18/h10-13,18,26H,7-9,14H2,1-6H3,(H,24,27)(H,25,28). The number of amides is 2. The van der Waals surface area contributed by atoms with Gasteiger partial charge in [0, 0.05) is 19.0 Å². The quantitative estimate of drug-likeness (QED) is 0.543. The smallest absolute Gasteiger partial charge is 0.286 e. The fraction of sp³-hybridized carbons (Fsp3) is 0.565. The van der Waals surface area contributed by atoms with Gasteiger partial charge in [0.05, 0.1) is 0 Å². The van der Waals surface area contributed by atoms with E-state index < -0.39 is 5.91 Å². The third-order valence-electron chi connectivity index (χ3n) is 5.04. The van der Waals surface area contributed by atoms with Gasteiger partial charge in [-0.2, -0.15) is 0 Å². The number of carbonyl (C=O) groups is 2. The molecule has 0 spiro atoms. The summed E-state index contributed by atoms with van der Waals surface area (Å²) < 4.78 is 0. The van der Waals surface area contributed by atoms with Crippen LogP contribution in [0.3, 0.4) is 0 Å². The van der Waals surface area contributed by atoms with Gasteiger partial charge in [0.25, 0.3) is 5.91 Å². The molecule has 1 aromatic rings. The van der Waals surface area contributed by atoms with Gasteiger partial charge in [0.1, 0.15) is 0 Å². The van der Waals surface area contributed by atoms with E-state index in [1.54, 1.807) is 0 Å². The van der Waals surface area contributed by atoms with Crippen LogP contribution in [0.5, 0.6) is 0 Å². The van der Waals surface area contributed by atoms with Crippen LogP contribution < -0.4 is 10.6 Å². The predicted molar refractivity (Wildman–Crippen MR) is 113 cm³/mol. The highest BCUT2D eigenvalue weighted by Crippen LogP contribution is 2.31. The molecule has 3 N–H and O–H groups in total. The van der Waals surface area contributed by atoms with E-state index >= 15 is 0 Å². The highest BCUT2D eigenvalue weighted by molar-refractivity contribution is 5.95. The molecule has 1 aliphatic heterocycles. The van der Waals surface area contributed by atoms with Crippen LogP contribution in [0.4, 0.5) is 0 Å². The average molecular weight is 387 g/mol. The molecule has 1 heterocycles. The van der Waals surface area contributed by atoms with Crippen molar-refractivity contribution < 1.29 is 14.7 Å². The minimum atomic E-state index is -0.543. The Morgan fingerprint density at radius 1 is 1.11 bits per heavy atom. The van der Waals surface area contributed by atoms with E-state index in [1.165, 1.54) is 6.08 Å². The van der Waals surface area contributed by atoms with Crippen molar-refractivity contribution in [3.05, 3.63) is 40.6 Å². The Morgan fingerprint density at radius 3 is 2.21 bits per heavy atom. The first-order valence-electron chi connectivity index (χ1n) is 10.0. The van der Waals surface area contributed by atoms with Gasteiger partial charge in [-0.1, -0.05) is 59.7 Å². The van der Waals surface area contributed by atoms with Crippen LogP contribution in [0.15, 0.2) is 24.0 Å². The average Bonchev–Trinajstić information content (AvgIpc) is 2.76. The van der Waals surface area contributed by atoms with E-state index in [2.05, 4.69) is 58.2 Å². The largest absolute Gasteiger partial charge is 0.503 e. The monoisotopic (exact) mass is 386 g/mol. The van der Waals surface area contributed by atoms with E-state index in [4.69, 9.17) is 0 Å². The molecule has 2 rings (SSSR count). The second kappa shape index (κ2) is 8.38. The lowest BCUT2D eigenvalue weighted by atomic mass is 9.79. The maximum Gasteiger partial charge on any atom is 0.286 e. The minimum absolute atomic E-state index is 0.0462. The van der Waals surface area contributed by atoms with E-state index in [0.717, 1.165) is 23.1 Å². The van der Waals surface area contributed by atoms with Crippen LogP contribution in [-0.4, -0.2) is 29.5 Å². The van der Waals surface area contributed by atoms with E-state index in [1.807, 2.05) is 12.1 Å². The van der Waals surface area contributed by atoms with Crippen LogP contribution in [0.2, 0.25) is 0 Å². The second-order valence-corrected chi connectivity index (χ2v) is 9.74. The van der Waals surface area contributed by atoms with Crippen molar-refractivity contribution in [1.82, 2.24) is 10.6 Å². The zero-order valence-corrected chi connectivity index (χ0v) is 18.0. The number of aliphatic hydroxyl groups excluding tert-OH is 1. The molecule has 0 aliphatic carbocycles. The van der Waals surface area contributed by atoms with Crippen LogP contribution in [0, 0.1) is 0 Å². The van der Waals surface area contributed by atoms with E-state index in [9.17, 15) is 14.7 Å². The third-order valence-corrected chi connectivity index (χ3v) is 5.04. The van der Waals surface area contributed by atoms with Gasteiger partial charge in [0.2, 0.25) is 5.91 Å². The number of benzene rings is 1. The molecular formula is C23H34N2O3. The maximum absolute atomic E-state index is 12.4. The predicted octanol–water partition coefficient (Wildman–Crippen LogP) is 3.97. The summed E-state index contributed by atoms with van der Waals surface area (Å²) in [6.45, 7) is 13.5. The topological polar surface area (TPSA) is 78.4 Å². The van der Waals surface area contributed by atoms with Crippen molar-refractivity contribution >= 4 is 17.9 Å². The molecule has 0 radical (unpaired) electrons. The fourth-order valence-corrected chi connectivity index (χ4v) is 3.18. The molecule has 1 atom stereocenters. The minimum Gasteiger partial charge on any atom is -0.503 e. The molecule has 1 aromatic carbocycles. The number of nitrogens with one attached hydrogen (secondary N) is 2. The Morgan fingerprint density at radius 2 is 1.68 bits per heavy atom. The third kappa shape index (κ3) is 6.11. The Kier molecular flexibility index (Phi) is 6.58. The lowest BCUT2D eigenvalue weighted by Crippen LogP contribution is -2.37. The van der Waals surface area contributed by atoms with Crippen molar-refractivity contribution in [1.29, 1.82) is 0 Å². The number of aliphatic hydroxyl groups is 1. The summed E-state index contributed by atoms with van der Waals surface area (Å²) in [5.74, 6) is -0.951. The number of rotatable bonds is 3. The lowest BCUT2D eigenvalue weighted by molar-refractivity contribution is -0.122. The van der Waals surface area contributed by atoms with Gasteiger partial charge in [-0.25, -0.2) is 0 Å². The molecule has 1 aliphatic rings. The summed E-state index contributed by atoms with van der Waals surface area (Å²) in [5.41, 5.74) is 3.01. The molecule has 1 saturated heterocycles. The number of hydrogen-bond donors (Lipinski definition) is 3. The number of hydrogen-bond acceptors (Lipinski definition) is 3. The van der Waals surface area contributed by atoms with Crippen molar-refractivity contribution in [2.24, 2.45) is 0 Å². The molecule has 0 aromatic heterocycles.